The molecule has 0 atom stereocenters. The van der Waals surface area contributed by atoms with Crippen molar-refractivity contribution in [3.63, 3.8) is 0 Å². The number of aryl methyl sites for hydroxylation is 1. The molecule has 0 radical (unpaired) electrons. The molecular formula is C13H9ClFN3O. The van der Waals surface area contributed by atoms with Crippen LogP contribution in [0.1, 0.15) is 5.82 Å². The standard InChI is InChI=1S/C13H9ClFN3O/c1-8-16-17-6-5-11(14)12(17)13(19)18(8)10-4-2-3-9(15)7-10/h2-7H,1H3. The normalized spacial score (nSPS) is 11.1. The van der Waals surface area contributed by atoms with Gasteiger partial charge in [0.15, 0.2) is 0 Å². The third kappa shape index (κ3) is 1.82. The maximum absolute atomic E-state index is 13.3. The first kappa shape index (κ1) is 11.9. The van der Waals surface area contributed by atoms with E-state index in [0.717, 1.165) is 0 Å². The number of benzene rings is 1. The molecule has 3 aromatic rings. The molecule has 0 aliphatic rings. The van der Waals surface area contributed by atoms with Crippen LogP contribution < -0.4 is 5.56 Å². The average molecular weight is 278 g/mol. The van der Waals surface area contributed by atoms with E-state index in [1.165, 1.54) is 21.2 Å². The van der Waals surface area contributed by atoms with Gasteiger partial charge >= 0.3 is 0 Å². The molecule has 96 valence electrons. The molecular weight excluding hydrogens is 269 g/mol. The summed E-state index contributed by atoms with van der Waals surface area (Å²) in [6.07, 6.45) is 1.61. The molecule has 2 heterocycles. The minimum atomic E-state index is -0.412. The minimum Gasteiger partial charge on any atom is -0.266 e. The lowest BCUT2D eigenvalue weighted by Crippen LogP contribution is -2.24. The lowest BCUT2D eigenvalue weighted by atomic mass is 10.3. The minimum absolute atomic E-state index is 0.275. The molecule has 0 amide bonds. The zero-order valence-corrected chi connectivity index (χ0v) is 10.7. The van der Waals surface area contributed by atoms with E-state index >= 15 is 0 Å². The monoisotopic (exact) mass is 277 g/mol. The van der Waals surface area contributed by atoms with E-state index in [0.29, 0.717) is 16.5 Å². The molecule has 0 fully saturated rings. The lowest BCUT2D eigenvalue weighted by Gasteiger charge is -2.10. The smallest absolute Gasteiger partial charge is 0.266 e. The van der Waals surface area contributed by atoms with E-state index in [9.17, 15) is 9.18 Å². The van der Waals surface area contributed by atoms with Crippen molar-refractivity contribution in [2.24, 2.45) is 0 Å². The van der Waals surface area contributed by atoms with Gasteiger partial charge in [0.05, 0.1) is 10.7 Å². The van der Waals surface area contributed by atoms with Crippen molar-refractivity contribution in [3.8, 4) is 5.69 Å². The second kappa shape index (κ2) is 4.20. The zero-order valence-electron chi connectivity index (χ0n) is 9.97. The van der Waals surface area contributed by atoms with Gasteiger partial charge < -0.3 is 0 Å². The van der Waals surface area contributed by atoms with E-state index < -0.39 is 5.82 Å². The van der Waals surface area contributed by atoms with Crippen molar-refractivity contribution in [3.05, 3.63) is 63.5 Å². The second-order valence-electron chi connectivity index (χ2n) is 4.12. The summed E-state index contributed by atoms with van der Waals surface area (Å²) in [6.45, 7) is 1.68. The summed E-state index contributed by atoms with van der Waals surface area (Å²) >= 11 is 5.97. The number of rotatable bonds is 1. The van der Waals surface area contributed by atoms with Crippen LogP contribution in [-0.4, -0.2) is 14.2 Å². The first-order valence-electron chi connectivity index (χ1n) is 5.60. The van der Waals surface area contributed by atoms with Crippen molar-refractivity contribution in [2.45, 2.75) is 6.92 Å². The Hall–Kier alpha value is -2.14. The fourth-order valence-corrected chi connectivity index (χ4v) is 2.28. The van der Waals surface area contributed by atoms with Crippen LogP contribution in [0.25, 0.3) is 11.2 Å². The van der Waals surface area contributed by atoms with Crippen LogP contribution in [0.4, 0.5) is 4.39 Å². The van der Waals surface area contributed by atoms with Crippen molar-refractivity contribution in [1.29, 1.82) is 0 Å². The summed E-state index contributed by atoms with van der Waals surface area (Å²) < 4.78 is 16.0. The molecule has 19 heavy (non-hydrogen) atoms. The van der Waals surface area contributed by atoms with Gasteiger partial charge in [0, 0.05) is 6.20 Å². The first-order chi connectivity index (χ1) is 9.08. The largest absolute Gasteiger partial charge is 0.284 e. The van der Waals surface area contributed by atoms with Gasteiger partial charge in [-0.25, -0.2) is 8.91 Å². The van der Waals surface area contributed by atoms with Crippen LogP contribution in [0.2, 0.25) is 5.02 Å². The summed E-state index contributed by atoms with van der Waals surface area (Å²) in [5.74, 6) is 0.0421. The molecule has 0 unspecified atom stereocenters. The highest BCUT2D eigenvalue weighted by Gasteiger charge is 2.13. The number of nitrogens with zero attached hydrogens (tertiary/aromatic N) is 3. The Balaban J connectivity index is 2.41. The maximum Gasteiger partial charge on any atom is 0.284 e. The van der Waals surface area contributed by atoms with Crippen molar-refractivity contribution in [2.75, 3.05) is 0 Å². The van der Waals surface area contributed by atoms with Crippen LogP contribution >= 0.6 is 11.6 Å². The molecule has 0 bridgehead atoms. The van der Waals surface area contributed by atoms with Crippen molar-refractivity contribution >= 4 is 17.1 Å². The summed E-state index contributed by atoms with van der Waals surface area (Å²) in [6, 6.07) is 7.39. The molecule has 2 aromatic heterocycles. The fraction of sp³-hybridized carbons (Fsp3) is 0.0769. The SMILES string of the molecule is Cc1nn2ccc(Cl)c2c(=O)n1-c1cccc(F)c1. The molecule has 0 aliphatic heterocycles. The summed E-state index contributed by atoms with van der Waals surface area (Å²) in [4.78, 5) is 12.4. The van der Waals surface area contributed by atoms with E-state index in [1.807, 2.05) is 0 Å². The Morgan fingerprint density at radius 1 is 1.32 bits per heavy atom. The summed E-state index contributed by atoms with van der Waals surface area (Å²) in [5.41, 5.74) is 0.374. The molecule has 1 aromatic carbocycles. The van der Waals surface area contributed by atoms with Crippen molar-refractivity contribution < 1.29 is 4.39 Å². The van der Waals surface area contributed by atoms with E-state index in [4.69, 9.17) is 11.6 Å². The Kier molecular flexibility index (Phi) is 2.64. The highest BCUT2D eigenvalue weighted by molar-refractivity contribution is 6.33. The molecule has 3 rings (SSSR count). The zero-order chi connectivity index (χ0) is 13.6. The predicted molar refractivity (Wildman–Crippen MR) is 70.5 cm³/mol. The molecule has 4 nitrogen and oxygen atoms in total. The molecule has 0 N–H and O–H groups in total. The molecule has 0 spiro atoms. The second-order valence-corrected chi connectivity index (χ2v) is 4.53. The molecule has 0 saturated carbocycles. The third-order valence-electron chi connectivity index (χ3n) is 2.87. The van der Waals surface area contributed by atoms with Crippen LogP contribution in [-0.2, 0) is 0 Å². The average Bonchev–Trinajstić information content (AvgIpc) is 2.71. The number of hydrogen-bond donors (Lipinski definition) is 0. The Morgan fingerprint density at radius 2 is 2.11 bits per heavy atom. The predicted octanol–water partition coefficient (Wildman–Crippen LogP) is 2.59. The number of hydrogen-bond acceptors (Lipinski definition) is 2. The van der Waals surface area contributed by atoms with Gasteiger partial charge in [-0.1, -0.05) is 17.7 Å². The van der Waals surface area contributed by atoms with Gasteiger partial charge in [0.25, 0.3) is 5.56 Å². The fourth-order valence-electron chi connectivity index (χ4n) is 2.06. The highest BCUT2D eigenvalue weighted by atomic mass is 35.5. The van der Waals surface area contributed by atoms with Crippen molar-refractivity contribution in [1.82, 2.24) is 14.2 Å². The van der Waals surface area contributed by atoms with E-state index in [2.05, 4.69) is 5.10 Å². The Morgan fingerprint density at radius 3 is 2.84 bits per heavy atom. The molecule has 0 aliphatic carbocycles. The highest BCUT2D eigenvalue weighted by Crippen LogP contribution is 2.16. The number of fused-ring (bicyclic) bond motifs is 1. The first-order valence-corrected chi connectivity index (χ1v) is 5.98. The Labute approximate surface area is 112 Å². The summed E-state index contributed by atoms with van der Waals surface area (Å²) in [5, 5.41) is 4.56. The van der Waals surface area contributed by atoms with Gasteiger partial charge in [0.1, 0.15) is 17.2 Å². The topological polar surface area (TPSA) is 39.3 Å². The maximum atomic E-state index is 13.3. The summed E-state index contributed by atoms with van der Waals surface area (Å²) in [7, 11) is 0. The number of aromatic nitrogens is 3. The number of halogens is 2. The quantitative estimate of drug-likeness (QED) is 0.686. The van der Waals surface area contributed by atoms with Gasteiger partial charge in [-0.2, -0.15) is 5.10 Å². The van der Waals surface area contributed by atoms with E-state index in [1.54, 1.807) is 31.3 Å². The molecule has 0 saturated heterocycles. The van der Waals surface area contributed by atoms with Crippen LogP contribution in [0.3, 0.4) is 0 Å². The van der Waals surface area contributed by atoms with Gasteiger partial charge in [-0.15, -0.1) is 0 Å². The molecule has 6 heteroatoms. The lowest BCUT2D eigenvalue weighted by molar-refractivity contribution is 0.625. The van der Waals surface area contributed by atoms with Gasteiger partial charge in [-0.05, 0) is 31.2 Å². The van der Waals surface area contributed by atoms with Gasteiger partial charge in [0.2, 0.25) is 0 Å². The van der Waals surface area contributed by atoms with Crippen LogP contribution in [0.5, 0.6) is 0 Å². The van der Waals surface area contributed by atoms with Gasteiger partial charge in [-0.3, -0.25) is 9.36 Å². The van der Waals surface area contributed by atoms with Crippen LogP contribution in [0.15, 0.2) is 41.3 Å². The van der Waals surface area contributed by atoms with E-state index in [-0.39, 0.29) is 11.1 Å². The Bertz CT molecular complexity index is 838. The van der Waals surface area contributed by atoms with Crippen LogP contribution in [0, 0.1) is 12.7 Å². The third-order valence-corrected chi connectivity index (χ3v) is 3.17.